The highest BCUT2D eigenvalue weighted by Crippen LogP contribution is 2.40. The number of likely N-dealkylation sites (tertiary alicyclic amines) is 2. The van der Waals surface area contributed by atoms with Gasteiger partial charge in [0.25, 0.3) is 0 Å². The summed E-state index contributed by atoms with van der Waals surface area (Å²) in [5.41, 5.74) is 0.672. The molecule has 2 heterocycles. The highest BCUT2D eigenvalue weighted by molar-refractivity contribution is 5.78. The zero-order chi connectivity index (χ0) is 18.9. The van der Waals surface area contributed by atoms with Crippen molar-refractivity contribution in [3.05, 3.63) is 35.6 Å². The number of benzene rings is 1. The summed E-state index contributed by atoms with van der Waals surface area (Å²) in [5.74, 6) is 0.867. The summed E-state index contributed by atoms with van der Waals surface area (Å²) >= 11 is 0. The first-order valence-electron chi connectivity index (χ1n) is 10.3. The number of halogens is 1. The molecule has 1 saturated carbocycles. The van der Waals surface area contributed by atoms with Crippen molar-refractivity contribution in [2.24, 2.45) is 11.3 Å². The van der Waals surface area contributed by atoms with Crippen molar-refractivity contribution in [2.45, 2.75) is 51.4 Å². The van der Waals surface area contributed by atoms with Crippen LogP contribution in [-0.4, -0.2) is 47.8 Å². The summed E-state index contributed by atoms with van der Waals surface area (Å²) in [6.07, 6.45) is 6.89. The number of rotatable bonds is 5. The van der Waals surface area contributed by atoms with Crippen LogP contribution in [0.3, 0.4) is 0 Å². The SMILES string of the molecule is O=C(CCc1ccccc1F)N1CCC[C@]2(CCC(=O)N(CC3CC3)C2)C1. The molecule has 1 aromatic rings. The summed E-state index contributed by atoms with van der Waals surface area (Å²) in [7, 11) is 0. The third kappa shape index (κ3) is 4.33. The Balaban J connectivity index is 1.36. The number of amides is 2. The second-order valence-electron chi connectivity index (χ2n) is 8.73. The van der Waals surface area contributed by atoms with E-state index in [0.29, 0.717) is 30.7 Å². The van der Waals surface area contributed by atoms with Gasteiger partial charge in [-0.05, 0) is 56.1 Å². The van der Waals surface area contributed by atoms with Gasteiger partial charge in [0.15, 0.2) is 0 Å². The van der Waals surface area contributed by atoms with E-state index in [4.69, 9.17) is 0 Å². The summed E-state index contributed by atoms with van der Waals surface area (Å²) in [4.78, 5) is 29.1. The predicted molar refractivity (Wildman–Crippen MR) is 102 cm³/mol. The maximum atomic E-state index is 13.8. The Morgan fingerprint density at radius 1 is 1.19 bits per heavy atom. The predicted octanol–water partition coefficient (Wildman–Crippen LogP) is 3.40. The molecule has 4 nitrogen and oxygen atoms in total. The molecule has 1 aliphatic carbocycles. The Labute approximate surface area is 160 Å². The maximum Gasteiger partial charge on any atom is 0.222 e. The number of hydrogen-bond donors (Lipinski definition) is 0. The van der Waals surface area contributed by atoms with Crippen LogP contribution in [0.5, 0.6) is 0 Å². The van der Waals surface area contributed by atoms with E-state index in [1.165, 1.54) is 18.9 Å². The molecule has 0 N–H and O–H groups in total. The van der Waals surface area contributed by atoms with E-state index < -0.39 is 0 Å². The van der Waals surface area contributed by atoms with Crippen molar-refractivity contribution in [1.82, 2.24) is 9.80 Å². The quantitative estimate of drug-likeness (QED) is 0.795. The second kappa shape index (κ2) is 7.61. The lowest BCUT2D eigenvalue weighted by atomic mass is 9.73. The molecule has 1 spiro atoms. The van der Waals surface area contributed by atoms with Gasteiger partial charge in [-0.2, -0.15) is 0 Å². The van der Waals surface area contributed by atoms with Gasteiger partial charge in [-0.3, -0.25) is 9.59 Å². The molecule has 1 atom stereocenters. The van der Waals surface area contributed by atoms with E-state index in [1.807, 2.05) is 11.0 Å². The van der Waals surface area contributed by atoms with Gasteiger partial charge >= 0.3 is 0 Å². The molecular formula is C22H29FN2O2. The fourth-order valence-electron chi connectivity index (χ4n) is 4.74. The third-order valence-electron chi connectivity index (χ3n) is 6.50. The van der Waals surface area contributed by atoms with Crippen LogP contribution in [0.25, 0.3) is 0 Å². The first-order chi connectivity index (χ1) is 13.0. The van der Waals surface area contributed by atoms with Crippen LogP contribution >= 0.6 is 0 Å². The van der Waals surface area contributed by atoms with E-state index in [2.05, 4.69) is 4.90 Å². The molecule has 0 bridgehead atoms. The van der Waals surface area contributed by atoms with Crippen molar-refractivity contribution in [2.75, 3.05) is 26.2 Å². The van der Waals surface area contributed by atoms with E-state index in [9.17, 15) is 14.0 Å². The smallest absolute Gasteiger partial charge is 0.222 e. The molecule has 3 aliphatic rings. The van der Waals surface area contributed by atoms with Crippen molar-refractivity contribution in [1.29, 1.82) is 0 Å². The van der Waals surface area contributed by atoms with Crippen LogP contribution in [0.4, 0.5) is 4.39 Å². The van der Waals surface area contributed by atoms with Gasteiger partial charge in [0.2, 0.25) is 11.8 Å². The van der Waals surface area contributed by atoms with Crippen LogP contribution in [0, 0.1) is 17.2 Å². The minimum atomic E-state index is -0.234. The van der Waals surface area contributed by atoms with Gasteiger partial charge in [0.05, 0.1) is 0 Å². The highest BCUT2D eigenvalue weighted by Gasteiger charge is 2.43. The number of piperidine rings is 2. The third-order valence-corrected chi connectivity index (χ3v) is 6.50. The lowest BCUT2D eigenvalue weighted by Gasteiger charge is -2.48. The average Bonchev–Trinajstić information content (AvgIpc) is 3.48. The van der Waals surface area contributed by atoms with E-state index in [-0.39, 0.29) is 23.0 Å². The number of aryl methyl sites for hydroxylation is 1. The van der Waals surface area contributed by atoms with Crippen molar-refractivity contribution >= 4 is 11.8 Å². The second-order valence-corrected chi connectivity index (χ2v) is 8.73. The maximum absolute atomic E-state index is 13.8. The first kappa shape index (κ1) is 18.5. The highest BCUT2D eigenvalue weighted by atomic mass is 19.1. The molecular weight excluding hydrogens is 343 g/mol. The van der Waals surface area contributed by atoms with Crippen LogP contribution in [0.2, 0.25) is 0 Å². The number of carbonyl (C=O) groups is 2. The topological polar surface area (TPSA) is 40.6 Å². The molecule has 2 amide bonds. The summed E-state index contributed by atoms with van der Waals surface area (Å²) in [6, 6.07) is 6.69. The van der Waals surface area contributed by atoms with E-state index >= 15 is 0 Å². The van der Waals surface area contributed by atoms with Gasteiger partial charge in [-0.1, -0.05) is 18.2 Å². The number of nitrogens with zero attached hydrogens (tertiary/aromatic N) is 2. The standard InChI is InChI=1S/C22H29FN2O2/c23-19-5-2-1-4-18(19)8-9-20(26)24-13-3-11-22(15-24)12-10-21(27)25(16-22)14-17-6-7-17/h1-2,4-5,17H,3,6-16H2/t22-/m0/s1. The largest absolute Gasteiger partial charge is 0.342 e. The molecule has 0 radical (unpaired) electrons. The number of carbonyl (C=O) groups excluding carboxylic acids is 2. The van der Waals surface area contributed by atoms with Gasteiger partial charge in [-0.15, -0.1) is 0 Å². The van der Waals surface area contributed by atoms with Gasteiger partial charge in [0, 0.05) is 44.4 Å². The lowest BCUT2D eigenvalue weighted by molar-refractivity contribution is -0.143. The van der Waals surface area contributed by atoms with Crippen LogP contribution < -0.4 is 0 Å². The molecule has 4 rings (SSSR count). The zero-order valence-electron chi connectivity index (χ0n) is 16.0. The van der Waals surface area contributed by atoms with Crippen molar-refractivity contribution in [3.8, 4) is 0 Å². The molecule has 2 saturated heterocycles. The van der Waals surface area contributed by atoms with Gasteiger partial charge < -0.3 is 9.80 Å². The molecule has 2 aliphatic heterocycles. The first-order valence-corrected chi connectivity index (χ1v) is 10.3. The molecule has 0 unspecified atom stereocenters. The summed E-state index contributed by atoms with van der Waals surface area (Å²) in [6.45, 7) is 3.24. The fourth-order valence-corrected chi connectivity index (χ4v) is 4.74. The number of hydrogen-bond acceptors (Lipinski definition) is 2. The normalized spacial score (nSPS) is 25.9. The molecule has 3 fully saturated rings. The molecule has 5 heteroatoms. The minimum absolute atomic E-state index is 0.0642. The molecule has 146 valence electrons. The monoisotopic (exact) mass is 372 g/mol. The molecule has 1 aromatic carbocycles. The lowest BCUT2D eigenvalue weighted by Crippen LogP contribution is -2.55. The van der Waals surface area contributed by atoms with Gasteiger partial charge in [-0.25, -0.2) is 4.39 Å². The summed E-state index contributed by atoms with van der Waals surface area (Å²) < 4.78 is 13.8. The van der Waals surface area contributed by atoms with E-state index in [1.54, 1.807) is 12.1 Å². The zero-order valence-corrected chi connectivity index (χ0v) is 16.0. The van der Waals surface area contributed by atoms with Gasteiger partial charge in [0.1, 0.15) is 5.82 Å². The van der Waals surface area contributed by atoms with Crippen LogP contribution in [0.15, 0.2) is 24.3 Å². The van der Waals surface area contributed by atoms with Crippen molar-refractivity contribution < 1.29 is 14.0 Å². The minimum Gasteiger partial charge on any atom is -0.342 e. The Hall–Kier alpha value is -1.91. The Morgan fingerprint density at radius 2 is 2.00 bits per heavy atom. The average molecular weight is 372 g/mol. The Bertz CT molecular complexity index is 718. The molecule has 27 heavy (non-hydrogen) atoms. The Morgan fingerprint density at radius 3 is 2.78 bits per heavy atom. The molecule has 0 aromatic heterocycles. The van der Waals surface area contributed by atoms with E-state index in [0.717, 1.165) is 45.4 Å². The van der Waals surface area contributed by atoms with Crippen LogP contribution in [0.1, 0.15) is 50.5 Å². The summed E-state index contributed by atoms with van der Waals surface area (Å²) in [5, 5.41) is 0. The van der Waals surface area contributed by atoms with Crippen LogP contribution in [-0.2, 0) is 16.0 Å². The van der Waals surface area contributed by atoms with Crippen molar-refractivity contribution in [3.63, 3.8) is 0 Å². The Kier molecular flexibility index (Phi) is 5.20. The fraction of sp³-hybridized carbons (Fsp3) is 0.636.